The number of hydrogen-bond donors (Lipinski definition) is 2. The van der Waals surface area contributed by atoms with Crippen LogP contribution in [0.5, 0.6) is 5.75 Å². The predicted octanol–water partition coefficient (Wildman–Crippen LogP) is 3.25. The lowest BCUT2D eigenvalue weighted by molar-refractivity contribution is -0.138. The number of aromatic nitrogens is 1. The molecule has 34 heavy (non-hydrogen) atoms. The number of aliphatic hydroxyl groups excluding tert-OH is 1. The third kappa shape index (κ3) is 3.29. The molecule has 2 aliphatic heterocycles. The number of carbonyl (C=O) groups excluding carboxylic acids is 2. The van der Waals surface area contributed by atoms with Crippen molar-refractivity contribution in [3.63, 3.8) is 0 Å². The van der Waals surface area contributed by atoms with Crippen LogP contribution in [-0.2, 0) is 10.2 Å². The van der Waals surface area contributed by atoms with Crippen LogP contribution in [0, 0.1) is 5.92 Å². The lowest BCUT2D eigenvalue weighted by atomic mass is 9.68. The molecule has 3 aliphatic rings. The van der Waals surface area contributed by atoms with Gasteiger partial charge in [-0.15, -0.1) is 0 Å². The number of aliphatic hydroxyl groups is 1. The molecule has 1 saturated heterocycles. The van der Waals surface area contributed by atoms with Crippen LogP contribution in [0.25, 0.3) is 10.9 Å². The topological polar surface area (TPSA) is 85.9 Å². The Balaban J connectivity index is 1.41. The molecule has 1 aliphatic carbocycles. The van der Waals surface area contributed by atoms with Crippen molar-refractivity contribution in [3.05, 3.63) is 65.4 Å². The highest BCUT2D eigenvalue weighted by molar-refractivity contribution is 5.96. The van der Waals surface area contributed by atoms with E-state index in [2.05, 4.69) is 4.98 Å². The maximum absolute atomic E-state index is 13.3. The molecular weight excluding hydrogens is 430 g/mol. The minimum Gasteiger partial charge on any atom is -0.497 e. The van der Waals surface area contributed by atoms with Gasteiger partial charge in [0.25, 0.3) is 5.91 Å². The summed E-state index contributed by atoms with van der Waals surface area (Å²) in [4.78, 5) is 33.7. The number of methoxy groups -OCH3 is 1. The van der Waals surface area contributed by atoms with Gasteiger partial charge < -0.3 is 24.6 Å². The van der Waals surface area contributed by atoms with Crippen molar-refractivity contribution in [2.24, 2.45) is 5.92 Å². The molecule has 0 bridgehead atoms. The molecule has 3 heterocycles. The second kappa shape index (κ2) is 7.87. The maximum Gasteiger partial charge on any atom is 0.253 e. The van der Waals surface area contributed by atoms with E-state index in [1.807, 2.05) is 58.3 Å². The molecule has 2 amide bonds. The zero-order chi connectivity index (χ0) is 23.4. The first-order valence-corrected chi connectivity index (χ1v) is 12.0. The third-order valence-corrected chi connectivity index (χ3v) is 7.70. The van der Waals surface area contributed by atoms with E-state index in [0.717, 1.165) is 40.8 Å². The molecule has 7 nitrogen and oxygen atoms in total. The fourth-order valence-electron chi connectivity index (χ4n) is 5.80. The van der Waals surface area contributed by atoms with Crippen LogP contribution in [-0.4, -0.2) is 65.1 Å². The van der Waals surface area contributed by atoms with Gasteiger partial charge in [-0.2, -0.15) is 0 Å². The molecule has 0 radical (unpaired) electrons. The van der Waals surface area contributed by atoms with Gasteiger partial charge in [-0.1, -0.05) is 18.2 Å². The van der Waals surface area contributed by atoms with E-state index in [1.165, 1.54) is 0 Å². The Morgan fingerprint density at radius 2 is 1.88 bits per heavy atom. The predicted molar refractivity (Wildman–Crippen MR) is 128 cm³/mol. The molecule has 176 valence electrons. The van der Waals surface area contributed by atoms with E-state index in [-0.39, 0.29) is 23.8 Å². The van der Waals surface area contributed by atoms with Crippen LogP contribution in [0.15, 0.2) is 48.5 Å². The summed E-state index contributed by atoms with van der Waals surface area (Å²) in [7, 11) is 1.64. The van der Waals surface area contributed by atoms with Crippen molar-refractivity contribution in [2.75, 3.05) is 33.4 Å². The van der Waals surface area contributed by atoms with E-state index in [1.54, 1.807) is 7.11 Å². The largest absolute Gasteiger partial charge is 0.497 e. The molecule has 0 unspecified atom stereocenters. The molecular formula is C27H29N3O4. The van der Waals surface area contributed by atoms with Crippen LogP contribution >= 0.6 is 0 Å². The van der Waals surface area contributed by atoms with Gasteiger partial charge in [-0.3, -0.25) is 9.59 Å². The van der Waals surface area contributed by atoms with Gasteiger partial charge in [0.15, 0.2) is 0 Å². The van der Waals surface area contributed by atoms with Crippen LogP contribution in [0.1, 0.15) is 46.9 Å². The summed E-state index contributed by atoms with van der Waals surface area (Å²) < 4.78 is 5.42. The van der Waals surface area contributed by atoms with Crippen molar-refractivity contribution in [2.45, 2.75) is 30.7 Å². The summed E-state index contributed by atoms with van der Waals surface area (Å²) in [5.74, 6) is 1.32. The number of H-pyrrole nitrogens is 1. The van der Waals surface area contributed by atoms with Gasteiger partial charge in [-0.05, 0) is 48.6 Å². The Kier molecular flexibility index (Phi) is 4.92. The molecule has 1 aromatic heterocycles. The molecule has 1 saturated carbocycles. The lowest BCUT2D eigenvalue weighted by Crippen LogP contribution is -2.68. The Labute approximate surface area is 198 Å². The van der Waals surface area contributed by atoms with E-state index in [0.29, 0.717) is 37.5 Å². The number of nitrogens with zero attached hydrogens (tertiary/aromatic N) is 2. The number of likely N-dealkylation sites (tertiary alicyclic amines) is 1. The SMILES string of the molecule is COc1ccc2c3c([nH]c2c1)[C@@H](CO)N(C(=O)CC1CC1)CC31CN(C(=O)c2ccccc2)C1. The number of aromatic amines is 1. The fraction of sp³-hybridized carbons (Fsp3) is 0.407. The molecule has 7 heteroatoms. The van der Waals surface area contributed by atoms with Crippen molar-refractivity contribution in [1.29, 1.82) is 0 Å². The molecule has 6 rings (SSSR count). The lowest BCUT2D eigenvalue weighted by Gasteiger charge is -2.56. The Morgan fingerprint density at radius 1 is 1.12 bits per heavy atom. The van der Waals surface area contributed by atoms with Gasteiger partial charge in [0, 0.05) is 54.3 Å². The number of fused-ring (bicyclic) bond motifs is 4. The maximum atomic E-state index is 13.3. The van der Waals surface area contributed by atoms with E-state index in [4.69, 9.17) is 4.74 Å². The first kappa shape index (κ1) is 21.2. The van der Waals surface area contributed by atoms with Gasteiger partial charge in [-0.25, -0.2) is 0 Å². The molecule has 3 aromatic rings. The molecule has 1 spiro atoms. The summed E-state index contributed by atoms with van der Waals surface area (Å²) in [6.45, 7) is 1.45. The number of benzene rings is 2. The number of carbonyl (C=O) groups is 2. The van der Waals surface area contributed by atoms with Crippen LogP contribution < -0.4 is 4.74 Å². The zero-order valence-corrected chi connectivity index (χ0v) is 19.3. The van der Waals surface area contributed by atoms with Gasteiger partial charge in [0.2, 0.25) is 5.91 Å². The minimum atomic E-state index is -0.413. The van der Waals surface area contributed by atoms with Crippen LogP contribution in [0.3, 0.4) is 0 Å². The van der Waals surface area contributed by atoms with Crippen LogP contribution in [0.2, 0.25) is 0 Å². The minimum absolute atomic E-state index is 0.00873. The standard InChI is InChI=1S/C27H29N3O4/c1-34-19-9-10-20-21(12-19)28-25-22(13-31)30(23(32)11-17-7-8-17)16-27(24(20)25)14-29(15-27)26(33)18-5-3-2-4-6-18/h2-6,9-10,12,17,22,28,31H,7-8,11,13-16H2,1H3/t22-/m1/s1. The smallest absolute Gasteiger partial charge is 0.253 e. The van der Waals surface area contributed by atoms with Crippen molar-refractivity contribution < 1.29 is 19.4 Å². The van der Waals surface area contributed by atoms with Crippen molar-refractivity contribution in [3.8, 4) is 5.75 Å². The monoisotopic (exact) mass is 459 g/mol. The van der Waals surface area contributed by atoms with Gasteiger partial charge in [0.05, 0.1) is 25.2 Å². The highest BCUT2D eigenvalue weighted by atomic mass is 16.5. The van der Waals surface area contributed by atoms with Gasteiger partial charge in [0.1, 0.15) is 5.75 Å². The Bertz CT molecular complexity index is 1260. The summed E-state index contributed by atoms with van der Waals surface area (Å²) in [6.07, 6.45) is 2.74. The molecule has 2 aromatic carbocycles. The molecule has 2 N–H and O–H groups in total. The first-order chi connectivity index (χ1) is 16.5. The quantitative estimate of drug-likeness (QED) is 0.613. The summed E-state index contributed by atoms with van der Waals surface area (Å²) >= 11 is 0. The van der Waals surface area contributed by atoms with E-state index in [9.17, 15) is 14.7 Å². The molecule has 1 atom stereocenters. The normalized spacial score (nSPS) is 20.8. The average Bonchev–Trinajstić information content (AvgIpc) is 3.57. The van der Waals surface area contributed by atoms with E-state index >= 15 is 0 Å². The van der Waals surface area contributed by atoms with Crippen molar-refractivity contribution >= 4 is 22.7 Å². The molecule has 2 fully saturated rings. The number of amides is 2. The first-order valence-electron chi connectivity index (χ1n) is 12.0. The van der Waals surface area contributed by atoms with Crippen LogP contribution in [0.4, 0.5) is 0 Å². The Hall–Kier alpha value is -3.32. The van der Waals surface area contributed by atoms with Gasteiger partial charge >= 0.3 is 0 Å². The highest BCUT2D eigenvalue weighted by Crippen LogP contribution is 2.49. The summed E-state index contributed by atoms with van der Waals surface area (Å²) in [6, 6.07) is 14.9. The second-order valence-electron chi connectivity index (χ2n) is 10.0. The zero-order valence-electron chi connectivity index (χ0n) is 19.3. The van der Waals surface area contributed by atoms with E-state index < -0.39 is 6.04 Å². The second-order valence-corrected chi connectivity index (χ2v) is 10.0. The number of ether oxygens (including phenoxy) is 1. The summed E-state index contributed by atoms with van der Waals surface area (Å²) in [5.41, 5.74) is 3.24. The Morgan fingerprint density at radius 3 is 2.56 bits per heavy atom. The highest BCUT2D eigenvalue weighted by Gasteiger charge is 2.55. The number of hydrogen-bond acceptors (Lipinski definition) is 4. The fourth-order valence-corrected chi connectivity index (χ4v) is 5.80. The van der Waals surface area contributed by atoms with Crippen molar-refractivity contribution in [1.82, 2.24) is 14.8 Å². The average molecular weight is 460 g/mol. The number of nitrogens with one attached hydrogen (secondary N) is 1. The summed E-state index contributed by atoms with van der Waals surface area (Å²) in [5, 5.41) is 11.4. The third-order valence-electron chi connectivity index (χ3n) is 7.70. The number of rotatable bonds is 5.